The molecule has 1 amide bonds. The Morgan fingerprint density at radius 2 is 1.90 bits per heavy atom. The van der Waals surface area contributed by atoms with E-state index in [9.17, 15) is 9.90 Å². The number of hydrogen-bond acceptors (Lipinski definition) is 2. The molecule has 0 unspecified atom stereocenters. The van der Waals surface area contributed by atoms with Gasteiger partial charge in [-0.05, 0) is 41.7 Å². The van der Waals surface area contributed by atoms with Gasteiger partial charge in [0.05, 0.1) is 6.42 Å². The van der Waals surface area contributed by atoms with Gasteiger partial charge in [-0.1, -0.05) is 44.2 Å². The first-order valence-electron chi connectivity index (χ1n) is 7.14. The van der Waals surface area contributed by atoms with Crippen molar-refractivity contribution < 1.29 is 9.90 Å². The molecule has 0 spiro atoms. The molecule has 0 fully saturated rings. The van der Waals surface area contributed by atoms with Crippen LogP contribution in [-0.2, 0) is 11.2 Å². The number of para-hydroxylation sites is 1. The van der Waals surface area contributed by atoms with Gasteiger partial charge < -0.3 is 10.4 Å². The van der Waals surface area contributed by atoms with Crippen molar-refractivity contribution in [2.24, 2.45) is 0 Å². The smallest absolute Gasteiger partial charge is 0.228 e. The van der Waals surface area contributed by atoms with Crippen molar-refractivity contribution in [1.29, 1.82) is 0 Å². The van der Waals surface area contributed by atoms with E-state index < -0.39 is 0 Å². The molecular formula is C18H21NO2. The Kier molecular flexibility index (Phi) is 4.63. The van der Waals surface area contributed by atoms with Crippen LogP contribution in [-0.4, -0.2) is 11.0 Å². The van der Waals surface area contributed by atoms with Crippen LogP contribution in [0, 0.1) is 6.92 Å². The van der Waals surface area contributed by atoms with E-state index in [1.54, 1.807) is 18.2 Å². The standard InChI is InChI=1S/C18H21NO2/c1-12(2)16-9-4-6-13(3)18(16)19-17(21)11-14-7-5-8-15(20)10-14/h4-10,12,20H,11H2,1-3H3,(H,19,21). The second kappa shape index (κ2) is 6.44. The molecule has 2 aromatic rings. The Bertz CT molecular complexity index is 647. The molecule has 0 bridgehead atoms. The average Bonchev–Trinajstić information content (AvgIpc) is 2.40. The predicted molar refractivity (Wildman–Crippen MR) is 85.7 cm³/mol. The molecule has 3 nitrogen and oxygen atoms in total. The molecule has 2 N–H and O–H groups in total. The van der Waals surface area contributed by atoms with Crippen molar-refractivity contribution in [2.45, 2.75) is 33.1 Å². The molecule has 0 saturated carbocycles. The SMILES string of the molecule is Cc1cccc(C(C)C)c1NC(=O)Cc1cccc(O)c1. The zero-order valence-electron chi connectivity index (χ0n) is 12.7. The Balaban J connectivity index is 2.17. The Morgan fingerprint density at radius 1 is 1.19 bits per heavy atom. The van der Waals surface area contributed by atoms with Crippen molar-refractivity contribution in [3.63, 3.8) is 0 Å². The molecule has 2 rings (SSSR count). The molecule has 0 saturated heterocycles. The molecule has 0 aliphatic heterocycles. The highest BCUT2D eigenvalue weighted by atomic mass is 16.3. The first-order valence-corrected chi connectivity index (χ1v) is 7.14. The van der Waals surface area contributed by atoms with Crippen LogP contribution in [0.3, 0.4) is 0 Å². The van der Waals surface area contributed by atoms with Crippen molar-refractivity contribution in [3.05, 3.63) is 59.2 Å². The van der Waals surface area contributed by atoms with E-state index in [-0.39, 0.29) is 18.1 Å². The van der Waals surface area contributed by atoms with Crippen LogP contribution in [0.25, 0.3) is 0 Å². The lowest BCUT2D eigenvalue weighted by Crippen LogP contribution is -2.16. The Morgan fingerprint density at radius 3 is 2.57 bits per heavy atom. The summed E-state index contributed by atoms with van der Waals surface area (Å²) in [5.74, 6) is 0.455. The van der Waals surface area contributed by atoms with Gasteiger partial charge in [0.15, 0.2) is 0 Å². The number of aromatic hydroxyl groups is 1. The quantitative estimate of drug-likeness (QED) is 0.891. The van der Waals surface area contributed by atoms with E-state index in [0.29, 0.717) is 5.92 Å². The molecule has 2 aromatic carbocycles. The Labute approximate surface area is 125 Å². The molecule has 0 atom stereocenters. The first-order chi connectivity index (χ1) is 9.97. The molecule has 0 heterocycles. The topological polar surface area (TPSA) is 49.3 Å². The first kappa shape index (κ1) is 15.1. The summed E-state index contributed by atoms with van der Waals surface area (Å²) in [6.07, 6.45) is 0.250. The van der Waals surface area contributed by atoms with Crippen LogP contribution in [0.15, 0.2) is 42.5 Å². The number of amides is 1. The molecule has 21 heavy (non-hydrogen) atoms. The number of nitrogens with one attached hydrogen (secondary N) is 1. The van der Waals surface area contributed by atoms with Gasteiger partial charge in [-0.25, -0.2) is 0 Å². The summed E-state index contributed by atoms with van der Waals surface area (Å²) < 4.78 is 0. The molecule has 0 radical (unpaired) electrons. The van der Waals surface area contributed by atoms with Crippen LogP contribution >= 0.6 is 0 Å². The molecular weight excluding hydrogens is 262 g/mol. The normalized spacial score (nSPS) is 10.7. The monoisotopic (exact) mass is 283 g/mol. The predicted octanol–water partition coefficient (Wildman–Crippen LogP) is 4.01. The maximum atomic E-state index is 12.2. The maximum Gasteiger partial charge on any atom is 0.228 e. The largest absolute Gasteiger partial charge is 0.508 e. The summed E-state index contributed by atoms with van der Waals surface area (Å²) >= 11 is 0. The minimum absolute atomic E-state index is 0.0724. The van der Waals surface area contributed by atoms with Gasteiger partial charge in [-0.3, -0.25) is 4.79 Å². The summed E-state index contributed by atoms with van der Waals surface area (Å²) in [4.78, 5) is 12.2. The van der Waals surface area contributed by atoms with Gasteiger partial charge in [-0.15, -0.1) is 0 Å². The van der Waals surface area contributed by atoms with Gasteiger partial charge >= 0.3 is 0 Å². The fraction of sp³-hybridized carbons (Fsp3) is 0.278. The third-order valence-corrected chi connectivity index (χ3v) is 3.47. The van der Waals surface area contributed by atoms with Gasteiger partial charge in [0.25, 0.3) is 0 Å². The van der Waals surface area contributed by atoms with E-state index in [2.05, 4.69) is 19.2 Å². The van der Waals surface area contributed by atoms with E-state index in [1.807, 2.05) is 31.2 Å². The molecule has 0 aromatic heterocycles. The van der Waals surface area contributed by atoms with Crippen molar-refractivity contribution in [2.75, 3.05) is 5.32 Å². The third-order valence-electron chi connectivity index (χ3n) is 3.47. The number of phenolic OH excluding ortho intramolecular Hbond substituents is 1. The number of hydrogen-bond donors (Lipinski definition) is 2. The molecule has 0 aliphatic carbocycles. The molecule has 0 aliphatic rings. The second-order valence-corrected chi connectivity index (χ2v) is 5.59. The summed E-state index contributed by atoms with van der Waals surface area (Å²) in [6, 6.07) is 12.8. The number of carbonyl (C=O) groups excluding carboxylic acids is 1. The van der Waals surface area contributed by atoms with Crippen LogP contribution in [0.1, 0.15) is 36.5 Å². The minimum Gasteiger partial charge on any atom is -0.508 e. The molecule has 3 heteroatoms. The lowest BCUT2D eigenvalue weighted by atomic mass is 9.98. The van der Waals surface area contributed by atoms with Gasteiger partial charge in [0.1, 0.15) is 5.75 Å². The van der Waals surface area contributed by atoms with Gasteiger partial charge in [0.2, 0.25) is 5.91 Å². The second-order valence-electron chi connectivity index (χ2n) is 5.59. The highest BCUT2D eigenvalue weighted by Crippen LogP contribution is 2.27. The third kappa shape index (κ3) is 3.85. The zero-order chi connectivity index (χ0) is 15.4. The van der Waals surface area contributed by atoms with Gasteiger partial charge in [0, 0.05) is 5.69 Å². The number of benzene rings is 2. The minimum atomic E-state index is -0.0724. The summed E-state index contributed by atoms with van der Waals surface area (Å²) in [5.41, 5.74) is 3.90. The summed E-state index contributed by atoms with van der Waals surface area (Å²) in [5, 5.41) is 12.5. The fourth-order valence-corrected chi connectivity index (χ4v) is 2.38. The van der Waals surface area contributed by atoms with E-state index in [0.717, 1.165) is 22.4 Å². The van der Waals surface area contributed by atoms with Gasteiger partial charge in [-0.2, -0.15) is 0 Å². The maximum absolute atomic E-state index is 12.2. The summed E-state index contributed by atoms with van der Waals surface area (Å²) in [6.45, 7) is 6.22. The lowest BCUT2D eigenvalue weighted by Gasteiger charge is -2.16. The van der Waals surface area contributed by atoms with E-state index >= 15 is 0 Å². The average molecular weight is 283 g/mol. The van der Waals surface area contributed by atoms with Crippen molar-refractivity contribution in [3.8, 4) is 5.75 Å². The number of phenols is 1. The van der Waals surface area contributed by atoms with Crippen molar-refractivity contribution in [1.82, 2.24) is 0 Å². The highest BCUT2D eigenvalue weighted by Gasteiger charge is 2.12. The van der Waals surface area contributed by atoms with E-state index in [1.165, 1.54) is 0 Å². The number of anilines is 1. The van der Waals surface area contributed by atoms with Crippen LogP contribution in [0.2, 0.25) is 0 Å². The Hall–Kier alpha value is -2.29. The number of aryl methyl sites for hydroxylation is 1. The number of rotatable bonds is 4. The van der Waals surface area contributed by atoms with Crippen molar-refractivity contribution >= 4 is 11.6 Å². The fourth-order valence-electron chi connectivity index (χ4n) is 2.38. The zero-order valence-corrected chi connectivity index (χ0v) is 12.7. The van der Waals surface area contributed by atoms with Crippen LogP contribution in [0.5, 0.6) is 5.75 Å². The number of carbonyl (C=O) groups is 1. The van der Waals surface area contributed by atoms with E-state index in [4.69, 9.17) is 0 Å². The lowest BCUT2D eigenvalue weighted by molar-refractivity contribution is -0.115. The summed E-state index contributed by atoms with van der Waals surface area (Å²) in [7, 11) is 0. The van der Waals surface area contributed by atoms with Crippen LogP contribution < -0.4 is 5.32 Å². The van der Waals surface area contributed by atoms with Crippen LogP contribution in [0.4, 0.5) is 5.69 Å². The molecule has 110 valence electrons. The highest BCUT2D eigenvalue weighted by molar-refractivity contribution is 5.94.